The zero-order valence-corrected chi connectivity index (χ0v) is 20.6. The Hall–Kier alpha value is -3.80. The van der Waals surface area contributed by atoms with Crippen LogP contribution >= 0.6 is 0 Å². The number of anilines is 2. The molecule has 0 heterocycles. The molecule has 35 heavy (non-hydrogen) atoms. The summed E-state index contributed by atoms with van der Waals surface area (Å²) in [4.78, 5) is 27.0. The van der Waals surface area contributed by atoms with Crippen molar-refractivity contribution >= 4 is 23.2 Å². The number of benzene rings is 3. The minimum absolute atomic E-state index is 0.0755. The maximum absolute atomic E-state index is 12.8. The van der Waals surface area contributed by atoms with Gasteiger partial charge in [0, 0.05) is 36.6 Å². The molecule has 0 aliphatic carbocycles. The van der Waals surface area contributed by atoms with Gasteiger partial charge in [-0.15, -0.1) is 0 Å². The zero-order valence-electron chi connectivity index (χ0n) is 20.6. The summed E-state index contributed by atoms with van der Waals surface area (Å²) in [5.74, 6) is 0.495. The minimum Gasteiger partial charge on any atom is -0.494 e. The van der Waals surface area contributed by atoms with Crippen LogP contribution in [0.25, 0.3) is 0 Å². The van der Waals surface area contributed by atoms with Crippen LogP contribution in [0.4, 0.5) is 11.4 Å². The number of ether oxygens (including phenoxy) is 1. The molecule has 0 atom stereocenters. The van der Waals surface area contributed by atoms with Gasteiger partial charge in [0.1, 0.15) is 5.75 Å². The van der Waals surface area contributed by atoms with Crippen LogP contribution in [-0.4, -0.2) is 36.9 Å². The summed E-state index contributed by atoms with van der Waals surface area (Å²) in [7, 11) is 1.78. The number of nitrogens with zero attached hydrogens (tertiary/aromatic N) is 1. The first-order valence-electron chi connectivity index (χ1n) is 12.2. The number of carbonyl (C=O) groups is 2. The molecule has 3 aromatic rings. The van der Waals surface area contributed by atoms with Crippen LogP contribution in [0.2, 0.25) is 0 Å². The van der Waals surface area contributed by atoms with E-state index in [0.29, 0.717) is 30.1 Å². The Morgan fingerprint density at radius 2 is 1.63 bits per heavy atom. The Morgan fingerprint density at radius 3 is 2.43 bits per heavy atom. The summed E-state index contributed by atoms with van der Waals surface area (Å²) in [5.41, 5.74) is 3.04. The molecule has 6 nitrogen and oxygen atoms in total. The van der Waals surface area contributed by atoms with Crippen molar-refractivity contribution in [2.75, 3.05) is 30.8 Å². The van der Waals surface area contributed by atoms with Gasteiger partial charge in [-0.2, -0.15) is 0 Å². The van der Waals surface area contributed by atoms with Crippen LogP contribution in [0.5, 0.6) is 5.75 Å². The summed E-state index contributed by atoms with van der Waals surface area (Å²) in [5, 5.41) is 5.99. The average Bonchev–Trinajstić information content (AvgIpc) is 2.88. The van der Waals surface area contributed by atoms with E-state index in [4.69, 9.17) is 4.74 Å². The fourth-order valence-corrected chi connectivity index (χ4v) is 3.68. The molecule has 0 spiro atoms. The van der Waals surface area contributed by atoms with E-state index in [1.165, 1.54) is 12.8 Å². The molecule has 0 fully saturated rings. The lowest BCUT2D eigenvalue weighted by Crippen LogP contribution is -2.26. The molecule has 0 aromatic heterocycles. The van der Waals surface area contributed by atoms with Gasteiger partial charge in [0.2, 0.25) is 5.91 Å². The highest BCUT2D eigenvalue weighted by molar-refractivity contribution is 5.96. The Morgan fingerprint density at radius 1 is 0.857 bits per heavy atom. The molecule has 0 bridgehead atoms. The maximum atomic E-state index is 12.8. The number of rotatable bonds is 13. The predicted octanol–water partition coefficient (Wildman–Crippen LogP) is 5.97. The van der Waals surface area contributed by atoms with Gasteiger partial charge in [0.05, 0.1) is 13.2 Å². The third-order valence-electron chi connectivity index (χ3n) is 5.56. The topological polar surface area (TPSA) is 70.7 Å². The molecular formula is C29H35N3O3. The Kier molecular flexibility index (Phi) is 10.2. The number of carbonyl (C=O) groups excluding carboxylic acids is 2. The van der Waals surface area contributed by atoms with Crippen molar-refractivity contribution in [2.45, 2.75) is 39.2 Å². The van der Waals surface area contributed by atoms with Crippen molar-refractivity contribution in [3.63, 3.8) is 0 Å². The summed E-state index contributed by atoms with van der Waals surface area (Å²) in [6.07, 6.45) is 4.60. The zero-order chi connectivity index (χ0) is 24.9. The predicted molar refractivity (Wildman–Crippen MR) is 142 cm³/mol. The van der Waals surface area contributed by atoms with Crippen LogP contribution in [0.15, 0.2) is 78.9 Å². The summed E-state index contributed by atoms with van der Waals surface area (Å²) in [6, 6.07) is 24.5. The molecule has 0 saturated carbocycles. The van der Waals surface area contributed by atoms with Gasteiger partial charge < -0.3 is 20.3 Å². The van der Waals surface area contributed by atoms with Crippen molar-refractivity contribution in [1.82, 2.24) is 4.90 Å². The van der Waals surface area contributed by atoms with E-state index < -0.39 is 0 Å². The summed E-state index contributed by atoms with van der Waals surface area (Å²) >= 11 is 0. The summed E-state index contributed by atoms with van der Waals surface area (Å²) < 4.78 is 5.79. The van der Waals surface area contributed by atoms with E-state index in [9.17, 15) is 9.59 Å². The molecule has 0 radical (unpaired) electrons. The highest BCUT2D eigenvalue weighted by Crippen LogP contribution is 2.18. The van der Waals surface area contributed by atoms with Crippen molar-refractivity contribution in [1.29, 1.82) is 0 Å². The van der Waals surface area contributed by atoms with Gasteiger partial charge in [-0.05, 0) is 42.3 Å². The van der Waals surface area contributed by atoms with E-state index in [1.54, 1.807) is 24.1 Å². The molecule has 3 rings (SSSR count). The van der Waals surface area contributed by atoms with Gasteiger partial charge >= 0.3 is 0 Å². The smallest absolute Gasteiger partial charge is 0.253 e. The number of hydrogen-bond donors (Lipinski definition) is 2. The van der Waals surface area contributed by atoms with Crippen LogP contribution < -0.4 is 15.4 Å². The van der Waals surface area contributed by atoms with Gasteiger partial charge in [-0.1, -0.05) is 68.7 Å². The van der Waals surface area contributed by atoms with Crippen LogP contribution in [0.3, 0.4) is 0 Å². The molecule has 0 aliphatic heterocycles. The van der Waals surface area contributed by atoms with E-state index in [2.05, 4.69) is 17.6 Å². The summed E-state index contributed by atoms with van der Waals surface area (Å²) in [6.45, 7) is 3.47. The number of nitrogens with one attached hydrogen (secondary N) is 2. The molecule has 2 N–H and O–H groups in total. The lowest BCUT2D eigenvalue weighted by Gasteiger charge is -2.18. The van der Waals surface area contributed by atoms with Gasteiger partial charge in [0.15, 0.2) is 0 Å². The molecule has 184 valence electrons. The third-order valence-corrected chi connectivity index (χ3v) is 5.56. The largest absolute Gasteiger partial charge is 0.494 e. The fraction of sp³-hybridized carbons (Fsp3) is 0.310. The lowest BCUT2D eigenvalue weighted by molar-refractivity contribution is -0.114. The average molecular weight is 474 g/mol. The van der Waals surface area contributed by atoms with E-state index >= 15 is 0 Å². The number of hydrogen-bond acceptors (Lipinski definition) is 4. The normalized spacial score (nSPS) is 10.5. The van der Waals surface area contributed by atoms with Crippen molar-refractivity contribution < 1.29 is 14.3 Å². The van der Waals surface area contributed by atoms with Gasteiger partial charge in [0.25, 0.3) is 5.91 Å². The molecule has 6 heteroatoms. The number of unbranched alkanes of at least 4 members (excludes halogenated alkanes) is 3. The monoisotopic (exact) mass is 473 g/mol. The number of amides is 2. The minimum atomic E-state index is -0.178. The molecule has 0 saturated heterocycles. The second-order valence-electron chi connectivity index (χ2n) is 8.57. The lowest BCUT2D eigenvalue weighted by atomic mass is 10.1. The molecule has 0 unspecified atom stereocenters. The first-order valence-corrected chi connectivity index (χ1v) is 12.2. The van der Waals surface area contributed by atoms with E-state index in [-0.39, 0.29) is 18.4 Å². The molecule has 2 amide bonds. The highest BCUT2D eigenvalue weighted by atomic mass is 16.5. The van der Waals surface area contributed by atoms with E-state index in [1.807, 2.05) is 66.7 Å². The highest BCUT2D eigenvalue weighted by Gasteiger charge is 2.13. The van der Waals surface area contributed by atoms with Crippen molar-refractivity contribution in [3.05, 3.63) is 90.0 Å². The molecule has 3 aromatic carbocycles. The van der Waals surface area contributed by atoms with Gasteiger partial charge in [-0.3, -0.25) is 9.59 Å². The van der Waals surface area contributed by atoms with Crippen LogP contribution in [0, 0.1) is 0 Å². The fourth-order valence-electron chi connectivity index (χ4n) is 3.68. The Labute approximate surface area is 208 Å². The second kappa shape index (κ2) is 13.8. The quantitative estimate of drug-likeness (QED) is 0.300. The molecular weight excluding hydrogens is 438 g/mol. The Balaban J connectivity index is 1.48. The van der Waals surface area contributed by atoms with Crippen molar-refractivity contribution in [2.24, 2.45) is 0 Å². The second-order valence-corrected chi connectivity index (χ2v) is 8.57. The Bertz CT molecular complexity index is 1090. The van der Waals surface area contributed by atoms with Crippen LogP contribution in [0.1, 0.15) is 48.5 Å². The first kappa shape index (κ1) is 25.8. The first-order chi connectivity index (χ1) is 17.0. The van der Waals surface area contributed by atoms with Crippen LogP contribution in [-0.2, 0) is 11.3 Å². The van der Waals surface area contributed by atoms with E-state index in [0.717, 1.165) is 24.2 Å². The maximum Gasteiger partial charge on any atom is 0.253 e. The standard InChI is InChI=1S/C29H35N3O3/c1-3-4-5-9-18-35-27-17-11-16-26(20-27)31-28(33)21-30-25-15-10-14-24(19-25)29(34)32(2)22-23-12-7-6-8-13-23/h6-8,10-17,19-20,30H,3-5,9,18,21-22H2,1-2H3,(H,31,33). The third kappa shape index (κ3) is 8.81. The van der Waals surface area contributed by atoms with Gasteiger partial charge in [-0.25, -0.2) is 0 Å². The SMILES string of the molecule is CCCCCCOc1cccc(NC(=O)CNc2cccc(C(=O)N(C)Cc3ccccc3)c2)c1. The molecule has 0 aliphatic rings. The van der Waals surface area contributed by atoms with Crippen molar-refractivity contribution in [3.8, 4) is 5.75 Å².